The SMILES string of the molecule is CCC(C)n1c(O)c(C=NCCCN(C)C)c(=O)[nH]c1=S. The first kappa shape index (κ1) is 17.6. The number of rotatable bonds is 7. The second-order valence-electron chi connectivity index (χ2n) is 5.32. The van der Waals surface area contributed by atoms with Crippen molar-refractivity contribution in [3.63, 3.8) is 0 Å². The number of aromatic nitrogens is 2. The highest BCUT2D eigenvalue weighted by molar-refractivity contribution is 7.71. The molecule has 1 aromatic rings. The summed E-state index contributed by atoms with van der Waals surface area (Å²) < 4.78 is 1.79. The summed E-state index contributed by atoms with van der Waals surface area (Å²) in [5, 5.41) is 10.3. The van der Waals surface area contributed by atoms with Crippen LogP contribution in [0.1, 0.15) is 38.3 Å². The Morgan fingerprint density at radius 1 is 1.52 bits per heavy atom. The van der Waals surface area contributed by atoms with Crippen molar-refractivity contribution in [2.75, 3.05) is 27.2 Å². The smallest absolute Gasteiger partial charge is 0.264 e. The molecule has 0 radical (unpaired) electrons. The minimum Gasteiger partial charge on any atom is -0.494 e. The fourth-order valence-electron chi connectivity index (χ4n) is 1.89. The summed E-state index contributed by atoms with van der Waals surface area (Å²) in [6.07, 6.45) is 3.12. The van der Waals surface area contributed by atoms with Gasteiger partial charge in [0.25, 0.3) is 5.56 Å². The maximum atomic E-state index is 11.9. The van der Waals surface area contributed by atoms with Crippen LogP contribution in [0.3, 0.4) is 0 Å². The molecule has 21 heavy (non-hydrogen) atoms. The van der Waals surface area contributed by atoms with Crippen LogP contribution in [0.5, 0.6) is 5.88 Å². The van der Waals surface area contributed by atoms with E-state index in [0.29, 0.717) is 6.54 Å². The lowest BCUT2D eigenvalue weighted by Gasteiger charge is -2.16. The molecule has 0 saturated carbocycles. The molecule has 0 aromatic carbocycles. The van der Waals surface area contributed by atoms with E-state index in [9.17, 15) is 9.90 Å². The van der Waals surface area contributed by atoms with Crippen LogP contribution in [0.4, 0.5) is 0 Å². The van der Waals surface area contributed by atoms with Crippen LogP contribution in [0.2, 0.25) is 0 Å². The Morgan fingerprint density at radius 2 is 2.19 bits per heavy atom. The van der Waals surface area contributed by atoms with E-state index in [1.165, 1.54) is 6.21 Å². The van der Waals surface area contributed by atoms with E-state index in [-0.39, 0.29) is 22.3 Å². The van der Waals surface area contributed by atoms with E-state index in [1.807, 2.05) is 27.9 Å². The van der Waals surface area contributed by atoms with Crippen molar-refractivity contribution in [1.29, 1.82) is 0 Å². The van der Waals surface area contributed by atoms with E-state index < -0.39 is 5.56 Å². The lowest BCUT2D eigenvalue weighted by atomic mass is 10.2. The summed E-state index contributed by atoms with van der Waals surface area (Å²) in [5.74, 6) is -0.116. The predicted octanol–water partition coefficient (Wildman–Crippen LogP) is 1.95. The first-order chi connectivity index (χ1) is 9.88. The molecule has 6 nitrogen and oxygen atoms in total. The van der Waals surface area contributed by atoms with E-state index in [1.54, 1.807) is 4.57 Å². The van der Waals surface area contributed by atoms with Gasteiger partial charge in [0, 0.05) is 18.8 Å². The predicted molar refractivity (Wildman–Crippen MR) is 88.2 cm³/mol. The average molecular weight is 312 g/mol. The van der Waals surface area contributed by atoms with Gasteiger partial charge in [0.05, 0.1) is 0 Å². The minimum absolute atomic E-state index is 0.00948. The topological polar surface area (TPSA) is 73.6 Å². The highest BCUT2D eigenvalue weighted by atomic mass is 32.1. The monoisotopic (exact) mass is 312 g/mol. The van der Waals surface area contributed by atoms with Gasteiger partial charge in [0.15, 0.2) is 4.77 Å². The molecule has 7 heteroatoms. The second-order valence-corrected chi connectivity index (χ2v) is 5.70. The van der Waals surface area contributed by atoms with Gasteiger partial charge in [0.2, 0.25) is 5.88 Å². The third-order valence-electron chi connectivity index (χ3n) is 3.30. The van der Waals surface area contributed by atoms with Crippen LogP contribution in [0.15, 0.2) is 9.79 Å². The van der Waals surface area contributed by atoms with Crippen molar-refractivity contribution >= 4 is 18.4 Å². The lowest BCUT2D eigenvalue weighted by molar-refractivity contribution is 0.371. The molecule has 2 N–H and O–H groups in total. The Kier molecular flexibility index (Phi) is 6.77. The van der Waals surface area contributed by atoms with Crippen molar-refractivity contribution in [2.24, 2.45) is 4.99 Å². The van der Waals surface area contributed by atoms with Gasteiger partial charge in [0.1, 0.15) is 5.56 Å². The number of H-pyrrole nitrogens is 1. The number of nitrogens with one attached hydrogen (secondary N) is 1. The number of hydrogen-bond donors (Lipinski definition) is 2. The van der Waals surface area contributed by atoms with Gasteiger partial charge in [-0.1, -0.05) is 6.92 Å². The maximum Gasteiger partial charge on any atom is 0.264 e. The largest absolute Gasteiger partial charge is 0.494 e. The molecule has 1 heterocycles. The molecule has 0 saturated heterocycles. The van der Waals surface area contributed by atoms with Crippen LogP contribution in [0, 0.1) is 4.77 Å². The van der Waals surface area contributed by atoms with E-state index >= 15 is 0 Å². The molecule has 118 valence electrons. The molecule has 1 atom stereocenters. The van der Waals surface area contributed by atoms with Gasteiger partial charge in [-0.2, -0.15) is 0 Å². The van der Waals surface area contributed by atoms with Gasteiger partial charge in [-0.15, -0.1) is 0 Å². The average Bonchev–Trinajstić information content (AvgIpc) is 2.40. The normalized spacial score (nSPS) is 13.2. The highest BCUT2D eigenvalue weighted by Gasteiger charge is 2.14. The zero-order valence-electron chi connectivity index (χ0n) is 13.1. The first-order valence-corrected chi connectivity index (χ1v) is 7.51. The van der Waals surface area contributed by atoms with Crippen molar-refractivity contribution in [1.82, 2.24) is 14.5 Å². The Balaban J connectivity index is 3.00. The molecule has 1 aromatic heterocycles. The molecule has 1 rings (SSSR count). The summed E-state index contributed by atoms with van der Waals surface area (Å²) in [5.41, 5.74) is -0.248. The van der Waals surface area contributed by atoms with E-state index in [0.717, 1.165) is 19.4 Å². The van der Waals surface area contributed by atoms with Gasteiger partial charge in [-0.05, 0) is 52.6 Å². The standard InChI is InChI=1S/C14H24N4O2S/c1-5-10(2)18-13(20)11(12(19)16-14(18)21)9-15-7-6-8-17(3)4/h9-10,20H,5-8H2,1-4H3,(H,16,19,21). The molecule has 0 aliphatic rings. The lowest BCUT2D eigenvalue weighted by Crippen LogP contribution is -2.20. The number of aromatic hydroxyl groups is 1. The molecule has 0 spiro atoms. The van der Waals surface area contributed by atoms with Gasteiger partial charge >= 0.3 is 0 Å². The van der Waals surface area contributed by atoms with E-state index in [4.69, 9.17) is 12.2 Å². The van der Waals surface area contributed by atoms with Gasteiger partial charge in [-0.25, -0.2) is 0 Å². The zero-order valence-corrected chi connectivity index (χ0v) is 13.9. The van der Waals surface area contributed by atoms with Crippen molar-refractivity contribution in [3.05, 3.63) is 20.7 Å². The molecule has 1 unspecified atom stereocenters. The number of hydrogen-bond acceptors (Lipinski definition) is 5. The highest BCUT2D eigenvalue weighted by Crippen LogP contribution is 2.19. The van der Waals surface area contributed by atoms with Crippen LogP contribution in [-0.2, 0) is 0 Å². The molecular weight excluding hydrogens is 288 g/mol. The maximum absolute atomic E-state index is 11.9. The summed E-state index contributed by atoms with van der Waals surface area (Å²) in [4.78, 5) is 20.8. The summed E-state index contributed by atoms with van der Waals surface area (Å²) in [6, 6.07) is 0.00948. The zero-order chi connectivity index (χ0) is 16.0. The van der Waals surface area contributed by atoms with E-state index in [2.05, 4.69) is 14.9 Å². The molecular formula is C14H24N4O2S. The Morgan fingerprint density at radius 3 is 2.76 bits per heavy atom. The van der Waals surface area contributed by atoms with Crippen LogP contribution >= 0.6 is 12.2 Å². The summed E-state index contributed by atoms with van der Waals surface area (Å²) >= 11 is 5.11. The quantitative estimate of drug-likeness (QED) is 0.458. The molecule has 0 bridgehead atoms. The number of nitrogens with zero attached hydrogens (tertiary/aromatic N) is 3. The number of aromatic amines is 1. The molecule has 0 fully saturated rings. The Labute approximate surface area is 130 Å². The third-order valence-corrected chi connectivity index (χ3v) is 3.60. The molecule has 0 amide bonds. The first-order valence-electron chi connectivity index (χ1n) is 7.10. The van der Waals surface area contributed by atoms with Gasteiger partial charge in [-0.3, -0.25) is 19.3 Å². The fraction of sp³-hybridized carbons (Fsp3) is 0.643. The van der Waals surface area contributed by atoms with Crippen LogP contribution in [-0.4, -0.2) is 53.0 Å². The third kappa shape index (κ3) is 4.78. The Bertz CT molecular complexity index is 604. The van der Waals surface area contributed by atoms with Crippen LogP contribution in [0.25, 0.3) is 0 Å². The van der Waals surface area contributed by atoms with Crippen LogP contribution < -0.4 is 5.56 Å². The summed E-state index contributed by atoms with van der Waals surface area (Å²) in [7, 11) is 4.00. The minimum atomic E-state index is -0.409. The summed E-state index contributed by atoms with van der Waals surface area (Å²) in [6.45, 7) is 5.46. The van der Waals surface area contributed by atoms with Crippen molar-refractivity contribution in [2.45, 2.75) is 32.7 Å². The van der Waals surface area contributed by atoms with Gasteiger partial charge < -0.3 is 10.0 Å². The van der Waals surface area contributed by atoms with Crippen molar-refractivity contribution < 1.29 is 5.11 Å². The number of aliphatic imine (C=N–C) groups is 1. The Hall–Kier alpha value is -1.47. The molecule has 0 aliphatic heterocycles. The molecule has 0 aliphatic carbocycles. The van der Waals surface area contributed by atoms with Crippen molar-refractivity contribution in [3.8, 4) is 5.88 Å². The second kappa shape index (κ2) is 8.09. The fourth-order valence-corrected chi connectivity index (χ4v) is 2.25.